The molecule has 0 aromatic heterocycles. The van der Waals surface area contributed by atoms with Gasteiger partial charge in [-0.3, -0.25) is 9.59 Å². The van der Waals surface area contributed by atoms with E-state index in [0.29, 0.717) is 19.3 Å². The summed E-state index contributed by atoms with van der Waals surface area (Å²) >= 11 is 0. The van der Waals surface area contributed by atoms with Crippen molar-refractivity contribution in [3.8, 4) is 0 Å². The van der Waals surface area contributed by atoms with Gasteiger partial charge in [0, 0.05) is 12.8 Å². The molecule has 18 heavy (non-hydrogen) atoms. The number of esters is 1. The van der Waals surface area contributed by atoms with Crippen molar-refractivity contribution in [2.75, 3.05) is 6.61 Å². The predicted octanol–water partition coefficient (Wildman–Crippen LogP) is 3.41. The molecule has 0 saturated heterocycles. The average molecular weight is 268 g/mol. The first kappa shape index (κ1) is 16.9. The van der Waals surface area contributed by atoms with Crippen molar-refractivity contribution in [3.63, 3.8) is 0 Å². The van der Waals surface area contributed by atoms with Crippen molar-refractivity contribution in [2.45, 2.75) is 58.0 Å². The Hall–Kier alpha value is -1.07. The maximum atomic E-state index is 11.8. The highest BCUT2D eigenvalue weighted by Gasteiger charge is 2.25. The highest BCUT2D eigenvalue weighted by atomic mass is 19.4. The third kappa shape index (κ3) is 11.4. The molecule has 0 unspecified atom stereocenters. The van der Waals surface area contributed by atoms with Crippen LogP contribution in [-0.4, -0.2) is 24.5 Å². The number of ketones is 1. The molecule has 0 heterocycles. The van der Waals surface area contributed by atoms with Crippen LogP contribution in [0.15, 0.2) is 0 Å². The molecule has 0 aromatic rings. The Labute approximate surface area is 105 Å². The number of unbranched alkanes of at least 4 members (excludes halogenated alkanes) is 3. The van der Waals surface area contributed by atoms with Gasteiger partial charge in [0.15, 0.2) is 0 Å². The van der Waals surface area contributed by atoms with Crippen LogP contribution in [0.5, 0.6) is 0 Å². The van der Waals surface area contributed by atoms with E-state index in [4.69, 9.17) is 0 Å². The van der Waals surface area contributed by atoms with Gasteiger partial charge in [-0.15, -0.1) is 0 Å². The van der Waals surface area contributed by atoms with E-state index in [1.165, 1.54) is 0 Å². The molecule has 0 aliphatic carbocycles. The summed E-state index contributed by atoms with van der Waals surface area (Å²) in [7, 11) is 0. The monoisotopic (exact) mass is 268 g/mol. The normalized spacial score (nSPS) is 11.3. The van der Waals surface area contributed by atoms with Crippen molar-refractivity contribution in [1.29, 1.82) is 0 Å². The van der Waals surface area contributed by atoms with Gasteiger partial charge in [0.1, 0.15) is 12.2 Å². The van der Waals surface area contributed by atoms with E-state index < -0.39 is 18.6 Å². The smallest absolute Gasteiger partial charge is 0.389 e. The second kappa shape index (κ2) is 8.94. The Bertz CT molecular complexity index is 262. The molecule has 6 heteroatoms. The number of hydrogen-bond donors (Lipinski definition) is 0. The Morgan fingerprint density at radius 2 is 1.67 bits per heavy atom. The zero-order valence-electron chi connectivity index (χ0n) is 10.5. The van der Waals surface area contributed by atoms with Crippen molar-refractivity contribution in [2.24, 2.45) is 0 Å². The van der Waals surface area contributed by atoms with Crippen LogP contribution in [0.3, 0.4) is 0 Å². The Morgan fingerprint density at radius 1 is 1.06 bits per heavy atom. The van der Waals surface area contributed by atoms with E-state index in [-0.39, 0.29) is 31.7 Å². The molecule has 0 fully saturated rings. The molecule has 106 valence electrons. The van der Waals surface area contributed by atoms with Gasteiger partial charge < -0.3 is 4.74 Å². The number of rotatable bonds is 9. The number of alkyl halides is 3. The predicted molar refractivity (Wildman–Crippen MR) is 60.0 cm³/mol. The topological polar surface area (TPSA) is 43.4 Å². The first-order valence-corrected chi connectivity index (χ1v) is 6.09. The summed E-state index contributed by atoms with van der Waals surface area (Å²) in [6.07, 6.45) is -3.24. The van der Waals surface area contributed by atoms with Gasteiger partial charge in [-0.1, -0.05) is 12.8 Å². The summed E-state index contributed by atoms with van der Waals surface area (Å²) in [6, 6.07) is 0. The average Bonchev–Trinajstić information content (AvgIpc) is 2.21. The number of Topliss-reactive ketones (excluding diaryl/α,β-unsaturated/α-hetero) is 1. The van der Waals surface area contributed by atoms with E-state index in [9.17, 15) is 22.8 Å². The molecule has 0 radical (unpaired) electrons. The van der Waals surface area contributed by atoms with Crippen molar-refractivity contribution >= 4 is 11.8 Å². The van der Waals surface area contributed by atoms with Gasteiger partial charge in [-0.25, -0.2) is 0 Å². The van der Waals surface area contributed by atoms with Crippen LogP contribution >= 0.6 is 0 Å². The number of carbonyl (C=O) groups excluding carboxylic acids is 2. The second-order valence-electron chi connectivity index (χ2n) is 4.05. The summed E-state index contributed by atoms with van der Waals surface area (Å²) in [5.74, 6) is -0.760. The van der Waals surface area contributed by atoms with Gasteiger partial charge in [-0.2, -0.15) is 13.2 Å². The molecule has 0 atom stereocenters. The molecule has 0 N–H and O–H groups in total. The molecule has 0 rings (SSSR count). The third-order valence-electron chi connectivity index (χ3n) is 2.31. The minimum atomic E-state index is -4.10. The van der Waals surface area contributed by atoms with E-state index in [1.807, 2.05) is 0 Å². The van der Waals surface area contributed by atoms with Crippen LogP contribution < -0.4 is 0 Å². The number of ether oxygens (including phenoxy) is 1. The van der Waals surface area contributed by atoms with Crippen LogP contribution in [0.1, 0.15) is 51.9 Å². The lowest BCUT2D eigenvalue weighted by Gasteiger charge is -2.05. The van der Waals surface area contributed by atoms with Crippen LogP contribution in [0.25, 0.3) is 0 Å². The van der Waals surface area contributed by atoms with E-state index in [0.717, 1.165) is 0 Å². The highest BCUT2D eigenvalue weighted by Crippen LogP contribution is 2.23. The fraction of sp³-hybridized carbons (Fsp3) is 0.833. The minimum absolute atomic E-state index is 0.0928. The number of hydrogen-bond acceptors (Lipinski definition) is 3. The Balaban J connectivity index is 3.44. The van der Waals surface area contributed by atoms with Gasteiger partial charge in [0.2, 0.25) is 0 Å². The van der Waals surface area contributed by atoms with E-state index in [2.05, 4.69) is 4.74 Å². The molecule has 0 amide bonds. The molecule has 0 aromatic carbocycles. The van der Waals surface area contributed by atoms with Crippen molar-refractivity contribution < 1.29 is 27.5 Å². The molecule has 0 bridgehead atoms. The van der Waals surface area contributed by atoms with Crippen LogP contribution in [0.4, 0.5) is 13.2 Å². The number of carbonyl (C=O) groups is 2. The quantitative estimate of drug-likeness (QED) is 0.365. The van der Waals surface area contributed by atoms with Gasteiger partial charge in [0.05, 0.1) is 6.61 Å². The van der Waals surface area contributed by atoms with Crippen molar-refractivity contribution in [3.05, 3.63) is 0 Å². The molecule has 0 aliphatic heterocycles. The Morgan fingerprint density at radius 3 is 2.22 bits per heavy atom. The fourth-order valence-electron chi connectivity index (χ4n) is 1.46. The molecular formula is C12H19F3O3. The standard InChI is InChI=1S/C12H19F3O3/c1-2-18-11(17)9-10(16)7-5-3-4-6-8-12(13,14)15/h2-9H2,1H3. The van der Waals surface area contributed by atoms with Gasteiger partial charge in [0.25, 0.3) is 0 Å². The van der Waals surface area contributed by atoms with Gasteiger partial charge in [-0.05, 0) is 19.8 Å². The highest BCUT2D eigenvalue weighted by molar-refractivity contribution is 5.95. The zero-order chi connectivity index (χ0) is 14.0. The van der Waals surface area contributed by atoms with Gasteiger partial charge >= 0.3 is 12.1 Å². The van der Waals surface area contributed by atoms with Crippen molar-refractivity contribution in [1.82, 2.24) is 0 Å². The summed E-state index contributed by atoms with van der Waals surface area (Å²) in [6.45, 7) is 1.90. The Kier molecular flexibility index (Phi) is 8.41. The summed E-state index contributed by atoms with van der Waals surface area (Å²) < 4.78 is 40.0. The minimum Gasteiger partial charge on any atom is -0.466 e. The largest absolute Gasteiger partial charge is 0.466 e. The molecule has 0 spiro atoms. The van der Waals surface area contributed by atoms with E-state index >= 15 is 0 Å². The lowest BCUT2D eigenvalue weighted by atomic mass is 10.1. The SMILES string of the molecule is CCOC(=O)CC(=O)CCCCCCC(F)(F)F. The molecule has 3 nitrogen and oxygen atoms in total. The van der Waals surface area contributed by atoms with Crippen LogP contribution in [0.2, 0.25) is 0 Å². The maximum Gasteiger partial charge on any atom is 0.389 e. The maximum absolute atomic E-state index is 11.8. The first-order valence-electron chi connectivity index (χ1n) is 6.09. The fourth-order valence-corrected chi connectivity index (χ4v) is 1.46. The summed E-state index contributed by atoms with van der Waals surface area (Å²) in [4.78, 5) is 22.2. The molecule has 0 aliphatic rings. The second-order valence-corrected chi connectivity index (χ2v) is 4.05. The van der Waals surface area contributed by atoms with Crippen LogP contribution in [0, 0.1) is 0 Å². The molecular weight excluding hydrogens is 249 g/mol. The lowest BCUT2D eigenvalue weighted by Crippen LogP contribution is -2.11. The van der Waals surface area contributed by atoms with Crippen LogP contribution in [-0.2, 0) is 14.3 Å². The molecule has 0 saturated carbocycles. The summed E-state index contributed by atoms with van der Waals surface area (Å²) in [5.41, 5.74) is 0. The third-order valence-corrected chi connectivity index (χ3v) is 2.31. The number of halogens is 3. The zero-order valence-corrected chi connectivity index (χ0v) is 10.5. The first-order chi connectivity index (χ1) is 8.35. The lowest BCUT2D eigenvalue weighted by molar-refractivity contribution is -0.145. The van der Waals surface area contributed by atoms with E-state index in [1.54, 1.807) is 6.92 Å². The summed E-state index contributed by atoms with van der Waals surface area (Å²) in [5, 5.41) is 0.